The van der Waals surface area contributed by atoms with Crippen LogP contribution >= 0.6 is 0 Å². The van der Waals surface area contributed by atoms with Crippen LogP contribution in [0.15, 0.2) is 48.5 Å². The molecule has 0 saturated heterocycles. The van der Waals surface area contributed by atoms with Crippen molar-refractivity contribution in [2.24, 2.45) is 0 Å². The maximum absolute atomic E-state index is 12.8. The Morgan fingerprint density at radius 1 is 0.950 bits per heavy atom. The molecule has 2 aromatic rings. The standard InChI is InChI=1S/C15H13FN2O2/c1-10(19)17-14-4-2-3-11(9-14)15(20)18-13-7-5-12(16)6-8-13/h2-9H,1H3,(H,17,19)(H,18,20). The highest BCUT2D eigenvalue weighted by Gasteiger charge is 2.07. The van der Waals surface area contributed by atoms with Gasteiger partial charge in [-0.15, -0.1) is 0 Å². The summed E-state index contributed by atoms with van der Waals surface area (Å²) >= 11 is 0. The Morgan fingerprint density at radius 3 is 2.30 bits per heavy atom. The van der Waals surface area contributed by atoms with Gasteiger partial charge in [0.25, 0.3) is 5.91 Å². The average molecular weight is 272 g/mol. The van der Waals surface area contributed by atoms with Gasteiger partial charge in [0.1, 0.15) is 5.82 Å². The average Bonchev–Trinajstić information content (AvgIpc) is 2.41. The summed E-state index contributed by atoms with van der Waals surface area (Å²) in [5.41, 5.74) is 1.45. The summed E-state index contributed by atoms with van der Waals surface area (Å²) in [6.07, 6.45) is 0. The fourth-order valence-corrected chi connectivity index (χ4v) is 1.68. The molecule has 0 aromatic heterocycles. The second kappa shape index (κ2) is 5.97. The van der Waals surface area contributed by atoms with Crippen molar-refractivity contribution < 1.29 is 14.0 Å². The summed E-state index contributed by atoms with van der Waals surface area (Å²) in [5.74, 6) is -0.902. The van der Waals surface area contributed by atoms with Gasteiger partial charge in [0.05, 0.1) is 0 Å². The van der Waals surface area contributed by atoms with Gasteiger partial charge in [0.2, 0.25) is 5.91 Å². The number of nitrogens with one attached hydrogen (secondary N) is 2. The Kier molecular flexibility index (Phi) is 4.10. The minimum Gasteiger partial charge on any atom is -0.326 e. The van der Waals surface area contributed by atoms with Crippen LogP contribution in [-0.2, 0) is 4.79 Å². The third-order valence-corrected chi connectivity index (χ3v) is 2.55. The second-order valence-corrected chi connectivity index (χ2v) is 4.22. The summed E-state index contributed by atoms with van der Waals surface area (Å²) in [5, 5.41) is 5.25. The lowest BCUT2D eigenvalue weighted by molar-refractivity contribution is -0.114. The van der Waals surface area contributed by atoms with E-state index in [0.717, 1.165) is 0 Å². The lowest BCUT2D eigenvalue weighted by Gasteiger charge is -2.07. The highest BCUT2D eigenvalue weighted by Crippen LogP contribution is 2.14. The van der Waals surface area contributed by atoms with Crippen LogP contribution in [0.25, 0.3) is 0 Å². The Labute approximate surface area is 115 Å². The lowest BCUT2D eigenvalue weighted by Crippen LogP contribution is -2.13. The van der Waals surface area contributed by atoms with Crippen LogP contribution in [0.4, 0.5) is 15.8 Å². The number of anilines is 2. The number of halogens is 1. The SMILES string of the molecule is CC(=O)Nc1cccc(C(=O)Nc2ccc(F)cc2)c1. The predicted octanol–water partition coefficient (Wildman–Crippen LogP) is 3.04. The molecule has 2 rings (SSSR count). The van der Waals surface area contributed by atoms with Crippen molar-refractivity contribution in [3.8, 4) is 0 Å². The van der Waals surface area contributed by atoms with Gasteiger partial charge < -0.3 is 10.6 Å². The number of carbonyl (C=O) groups is 2. The van der Waals surface area contributed by atoms with Crippen molar-refractivity contribution in [1.82, 2.24) is 0 Å². The number of carbonyl (C=O) groups excluding carboxylic acids is 2. The number of rotatable bonds is 3. The first-order chi connectivity index (χ1) is 9.54. The van der Waals surface area contributed by atoms with Crippen LogP contribution in [0.2, 0.25) is 0 Å². The Morgan fingerprint density at radius 2 is 1.65 bits per heavy atom. The molecule has 20 heavy (non-hydrogen) atoms. The molecule has 102 valence electrons. The fourth-order valence-electron chi connectivity index (χ4n) is 1.68. The molecule has 0 spiro atoms. The zero-order chi connectivity index (χ0) is 14.5. The number of hydrogen-bond acceptors (Lipinski definition) is 2. The molecule has 0 radical (unpaired) electrons. The Bertz CT molecular complexity index is 639. The fraction of sp³-hybridized carbons (Fsp3) is 0.0667. The van der Waals surface area contributed by atoms with Gasteiger partial charge in [-0.25, -0.2) is 4.39 Å². The zero-order valence-corrected chi connectivity index (χ0v) is 10.8. The van der Waals surface area contributed by atoms with Gasteiger partial charge in [-0.2, -0.15) is 0 Å². The molecular formula is C15H13FN2O2. The van der Waals surface area contributed by atoms with E-state index in [4.69, 9.17) is 0 Å². The molecule has 0 aliphatic carbocycles. The molecule has 0 fully saturated rings. The van der Waals surface area contributed by atoms with Gasteiger partial charge in [-0.1, -0.05) is 6.07 Å². The first-order valence-electron chi connectivity index (χ1n) is 5.99. The van der Waals surface area contributed by atoms with Crippen LogP contribution in [0.3, 0.4) is 0 Å². The molecule has 2 N–H and O–H groups in total. The van der Waals surface area contributed by atoms with Crippen LogP contribution in [0, 0.1) is 5.82 Å². The van der Waals surface area contributed by atoms with E-state index in [-0.39, 0.29) is 17.6 Å². The van der Waals surface area contributed by atoms with E-state index in [9.17, 15) is 14.0 Å². The lowest BCUT2D eigenvalue weighted by atomic mass is 10.2. The largest absolute Gasteiger partial charge is 0.326 e. The summed E-state index contributed by atoms with van der Waals surface area (Å²) in [4.78, 5) is 23.0. The van der Waals surface area contributed by atoms with Crippen LogP contribution in [0.5, 0.6) is 0 Å². The van der Waals surface area contributed by atoms with Gasteiger partial charge >= 0.3 is 0 Å². The molecule has 0 aliphatic rings. The first kappa shape index (κ1) is 13.7. The second-order valence-electron chi connectivity index (χ2n) is 4.22. The minimum absolute atomic E-state index is 0.207. The summed E-state index contributed by atoms with van der Waals surface area (Å²) in [6.45, 7) is 1.39. The van der Waals surface area contributed by atoms with E-state index in [2.05, 4.69) is 10.6 Å². The van der Waals surface area contributed by atoms with Crippen molar-refractivity contribution in [3.63, 3.8) is 0 Å². The van der Waals surface area contributed by atoms with Crippen molar-refractivity contribution in [3.05, 3.63) is 59.9 Å². The number of amides is 2. The van der Waals surface area contributed by atoms with E-state index in [0.29, 0.717) is 16.9 Å². The molecule has 0 heterocycles. The molecule has 2 aromatic carbocycles. The van der Waals surface area contributed by atoms with Gasteiger partial charge in [-0.3, -0.25) is 9.59 Å². The summed E-state index contributed by atoms with van der Waals surface area (Å²) < 4.78 is 12.8. The first-order valence-corrected chi connectivity index (χ1v) is 5.99. The highest BCUT2D eigenvalue weighted by molar-refractivity contribution is 6.05. The summed E-state index contributed by atoms with van der Waals surface area (Å²) in [7, 11) is 0. The Hall–Kier alpha value is -2.69. The van der Waals surface area contributed by atoms with Crippen LogP contribution in [-0.4, -0.2) is 11.8 Å². The van der Waals surface area contributed by atoms with E-state index in [1.165, 1.54) is 31.2 Å². The smallest absolute Gasteiger partial charge is 0.255 e. The monoisotopic (exact) mass is 272 g/mol. The van der Waals surface area contributed by atoms with Crippen LogP contribution < -0.4 is 10.6 Å². The maximum atomic E-state index is 12.8. The molecule has 2 amide bonds. The van der Waals surface area contributed by atoms with Crippen molar-refractivity contribution >= 4 is 23.2 Å². The predicted molar refractivity (Wildman–Crippen MR) is 75.1 cm³/mol. The van der Waals surface area contributed by atoms with Gasteiger partial charge in [0, 0.05) is 23.9 Å². The molecule has 0 unspecified atom stereocenters. The third-order valence-electron chi connectivity index (χ3n) is 2.55. The van der Waals surface area contributed by atoms with E-state index < -0.39 is 0 Å². The quantitative estimate of drug-likeness (QED) is 0.902. The summed E-state index contributed by atoms with van der Waals surface area (Å²) in [6, 6.07) is 12.0. The molecule has 0 atom stereocenters. The Balaban J connectivity index is 2.12. The molecule has 5 heteroatoms. The molecular weight excluding hydrogens is 259 g/mol. The maximum Gasteiger partial charge on any atom is 0.255 e. The molecule has 0 saturated carbocycles. The van der Waals surface area contributed by atoms with E-state index >= 15 is 0 Å². The number of benzene rings is 2. The highest BCUT2D eigenvalue weighted by atomic mass is 19.1. The third kappa shape index (κ3) is 3.65. The molecule has 0 bridgehead atoms. The van der Waals surface area contributed by atoms with E-state index in [1.54, 1.807) is 24.3 Å². The van der Waals surface area contributed by atoms with E-state index in [1.807, 2.05) is 0 Å². The van der Waals surface area contributed by atoms with Crippen molar-refractivity contribution in [2.75, 3.05) is 10.6 Å². The van der Waals surface area contributed by atoms with Gasteiger partial charge in [0.15, 0.2) is 0 Å². The normalized spacial score (nSPS) is 9.90. The van der Waals surface area contributed by atoms with Crippen molar-refractivity contribution in [1.29, 1.82) is 0 Å². The van der Waals surface area contributed by atoms with Gasteiger partial charge in [-0.05, 0) is 42.5 Å². The number of hydrogen-bond donors (Lipinski definition) is 2. The molecule has 0 aliphatic heterocycles. The minimum atomic E-state index is -0.365. The molecule has 4 nitrogen and oxygen atoms in total. The topological polar surface area (TPSA) is 58.2 Å². The zero-order valence-electron chi connectivity index (χ0n) is 10.8. The van der Waals surface area contributed by atoms with Crippen molar-refractivity contribution in [2.45, 2.75) is 6.92 Å². The van der Waals surface area contributed by atoms with Crippen LogP contribution in [0.1, 0.15) is 17.3 Å².